The van der Waals surface area contributed by atoms with E-state index in [0.29, 0.717) is 27.4 Å². The summed E-state index contributed by atoms with van der Waals surface area (Å²) in [5.41, 5.74) is 1.38. The summed E-state index contributed by atoms with van der Waals surface area (Å²) in [5.74, 6) is 0.437. The van der Waals surface area contributed by atoms with Crippen LogP contribution in [0.25, 0.3) is 0 Å². The maximum absolute atomic E-state index is 13.6. The summed E-state index contributed by atoms with van der Waals surface area (Å²) >= 11 is 17.4. The number of rotatable bonds is 4. The first kappa shape index (κ1) is 18.2. The van der Waals surface area contributed by atoms with Crippen LogP contribution in [-0.2, 0) is 6.54 Å². The molecule has 0 atom stereocenters. The van der Waals surface area contributed by atoms with E-state index >= 15 is 0 Å². The quantitative estimate of drug-likeness (QED) is 0.735. The predicted octanol–water partition coefficient (Wildman–Crippen LogP) is 4.61. The smallest absolute Gasteiger partial charge is 0.171 e. The molecule has 3 rings (SSSR count). The summed E-state index contributed by atoms with van der Waals surface area (Å²) in [4.78, 5) is 6.42. The Morgan fingerprint density at radius 1 is 1.28 bits per heavy atom. The molecule has 4 nitrogen and oxygen atoms in total. The molecule has 0 aliphatic carbocycles. The lowest BCUT2D eigenvalue weighted by molar-refractivity contribution is 0.617. The van der Waals surface area contributed by atoms with Gasteiger partial charge in [0.15, 0.2) is 5.11 Å². The van der Waals surface area contributed by atoms with Crippen molar-refractivity contribution in [1.82, 2.24) is 10.3 Å². The number of benzene rings is 1. The van der Waals surface area contributed by atoms with Crippen molar-refractivity contribution in [3.8, 4) is 0 Å². The topological polar surface area (TPSA) is 40.2 Å². The van der Waals surface area contributed by atoms with E-state index in [-0.39, 0.29) is 5.82 Å². The summed E-state index contributed by atoms with van der Waals surface area (Å²) in [6.45, 7) is 2.24. The molecule has 1 aromatic carbocycles. The number of hydrogen-bond acceptors (Lipinski definition) is 3. The molecule has 0 amide bonds. The molecule has 0 saturated carbocycles. The zero-order valence-corrected chi connectivity index (χ0v) is 15.7. The Kier molecular flexibility index (Phi) is 5.93. The van der Waals surface area contributed by atoms with E-state index in [1.807, 2.05) is 0 Å². The summed E-state index contributed by atoms with van der Waals surface area (Å²) in [7, 11) is 0. The number of aromatic nitrogens is 1. The number of pyridine rings is 1. The van der Waals surface area contributed by atoms with Gasteiger partial charge in [0, 0.05) is 25.2 Å². The third-order valence-corrected chi connectivity index (χ3v) is 5.02. The molecule has 0 spiro atoms. The van der Waals surface area contributed by atoms with Crippen molar-refractivity contribution in [2.45, 2.75) is 19.4 Å². The van der Waals surface area contributed by atoms with Crippen molar-refractivity contribution in [3.63, 3.8) is 0 Å². The number of halogens is 3. The molecule has 25 heavy (non-hydrogen) atoms. The first-order chi connectivity index (χ1) is 12.0. The summed E-state index contributed by atoms with van der Waals surface area (Å²) in [6.07, 6.45) is 3.50. The second-order valence-corrected chi connectivity index (χ2v) is 6.93. The molecule has 1 saturated heterocycles. The minimum Gasteiger partial charge on any atom is -0.358 e. The van der Waals surface area contributed by atoms with Gasteiger partial charge in [0.2, 0.25) is 0 Å². The van der Waals surface area contributed by atoms with E-state index in [9.17, 15) is 4.39 Å². The van der Waals surface area contributed by atoms with Gasteiger partial charge in [0.1, 0.15) is 11.6 Å². The molecule has 8 heteroatoms. The van der Waals surface area contributed by atoms with Crippen molar-refractivity contribution in [1.29, 1.82) is 0 Å². The molecular weight excluding hydrogens is 382 g/mol. The average Bonchev–Trinajstić information content (AvgIpc) is 3.11. The van der Waals surface area contributed by atoms with Gasteiger partial charge in [-0.25, -0.2) is 9.37 Å². The minimum atomic E-state index is -0.364. The molecular formula is C17H17Cl2FN4S. The maximum Gasteiger partial charge on any atom is 0.171 e. The average molecular weight is 399 g/mol. The second kappa shape index (κ2) is 8.17. The molecule has 0 bridgehead atoms. The first-order valence-corrected chi connectivity index (χ1v) is 9.09. The standard InChI is InChI=1S/C17H17Cl2FN4S/c18-13-4-3-5-14(15(13)19)23-17(25)22-9-11-8-12(20)10-21-16(11)24-6-1-2-7-24/h3-5,8,10H,1-2,6-7,9H2,(H2,22,23,25). The van der Waals surface area contributed by atoms with E-state index in [2.05, 4.69) is 20.5 Å². The molecule has 2 heterocycles. The number of nitrogens with one attached hydrogen (secondary N) is 2. The molecule has 1 aromatic heterocycles. The van der Waals surface area contributed by atoms with Crippen LogP contribution >= 0.6 is 35.4 Å². The number of hydrogen-bond donors (Lipinski definition) is 2. The largest absolute Gasteiger partial charge is 0.358 e. The van der Waals surface area contributed by atoms with E-state index in [4.69, 9.17) is 35.4 Å². The van der Waals surface area contributed by atoms with Gasteiger partial charge in [-0.1, -0.05) is 29.3 Å². The highest BCUT2D eigenvalue weighted by Gasteiger charge is 2.18. The van der Waals surface area contributed by atoms with Crippen LogP contribution < -0.4 is 15.5 Å². The Bertz CT molecular complexity index is 781. The molecule has 2 N–H and O–H groups in total. The van der Waals surface area contributed by atoms with Crippen molar-refractivity contribution in [3.05, 3.63) is 51.9 Å². The van der Waals surface area contributed by atoms with Gasteiger partial charge in [-0.05, 0) is 43.3 Å². The van der Waals surface area contributed by atoms with E-state index in [1.54, 1.807) is 18.2 Å². The van der Waals surface area contributed by atoms with Crippen LogP contribution in [0.4, 0.5) is 15.9 Å². The monoisotopic (exact) mass is 398 g/mol. The molecule has 1 aliphatic rings. The highest BCUT2D eigenvalue weighted by Crippen LogP contribution is 2.29. The van der Waals surface area contributed by atoms with Crippen LogP contribution in [0.2, 0.25) is 10.0 Å². The lowest BCUT2D eigenvalue weighted by Crippen LogP contribution is -2.29. The second-order valence-electron chi connectivity index (χ2n) is 5.74. The van der Waals surface area contributed by atoms with Crippen molar-refractivity contribution in [2.24, 2.45) is 0 Å². The van der Waals surface area contributed by atoms with Gasteiger partial charge in [-0.15, -0.1) is 0 Å². The van der Waals surface area contributed by atoms with Crippen molar-refractivity contribution >= 4 is 52.0 Å². The maximum atomic E-state index is 13.6. The van der Waals surface area contributed by atoms with Crippen LogP contribution in [0.5, 0.6) is 0 Å². The van der Waals surface area contributed by atoms with Gasteiger partial charge in [-0.2, -0.15) is 0 Å². The highest BCUT2D eigenvalue weighted by molar-refractivity contribution is 7.80. The Hall–Kier alpha value is -1.63. The Morgan fingerprint density at radius 2 is 2.04 bits per heavy atom. The van der Waals surface area contributed by atoms with Crippen molar-refractivity contribution in [2.75, 3.05) is 23.3 Å². The van der Waals surface area contributed by atoms with Crippen molar-refractivity contribution < 1.29 is 4.39 Å². The van der Waals surface area contributed by atoms with Crippen LogP contribution in [0.3, 0.4) is 0 Å². The zero-order chi connectivity index (χ0) is 17.8. The summed E-state index contributed by atoms with van der Waals surface area (Å²) < 4.78 is 13.6. The van der Waals surface area contributed by atoms with Crippen LogP contribution in [0, 0.1) is 5.82 Å². The van der Waals surface area contributed by atoms with Crippen LogP contribution in [0.1, 0.15) is 18.4 Å². The molecule has 1 aliphatic heterocycles. The third kappa shape index (κ3) is 4.51. The van der Waals surface area contributed by atoms with Gasteiger partial charge in [-0.3, -0.25) is 0 Å². The zero-order valence-electron chi connectivity index (χ0n) is 13.4. The lowest BCUT2D eigenvalue weighted by atomic mass is 10.2. The van der Waals surface area contributed by atoms with Gasteiger partial charge < -0.3 is 15.5 Å². The molecule has 132 valence electrons. The van der Waals surface area contributed by atoms with E-state index in [0.717, 1.165) is 37.3 Å². The predicted molar refractivity (Wildman–Crippen MR) is 105 cm³/mol. The third-order valence-electron chi connectivity index (χ3n) is 3.95. The molecule has 0 unspecified atom stereocenters. The number of thiocarbonyl (C=S) groups is 1. The fourth-order valence-electron chi connectivity index (χ4n) is 2.76. The normalized spacial score (nSPS) is 13.8. The Labute approximate surface area is 161 Å². The number of nitrogens with zero attached hydrogens (tertiary/aromatic N) is 2. The lowest BCUT2D eigenvalue weighted by Gasteiger charge is -2.20. The molecule has 0 radical (unpaired) electrons. The molecule has 1 fully saturated rings. The van der Waals surface area contributed by atoms with E-state index < -0.39 is 0 Å². The fourth-order valence-corrected chi connectivity index (χ4v) is 3.29. The Morgan fingerprint density at radius 3 is 2.80 bits per heavy atom. The van der Waals surface area contributed by atoms with Gasteiger partial charge in [0.05, 0.1) is 21.9 Å². The number of anilines is 2. The first-order valence-electron chi connectivity index (χ1n) is 7.93. The summed E-state index contributed by atoms with van der Waals surface area (Å²) in [6, 6.07) is 6.75. The highest BCUT2D eigenvalue weighted by atomic mass is 35.5. The van der Waals surface area contributed by atoms with Gasteiger partial charge >= 0.3 is 0 Å². The van der Waals surface area contributed by atoms with Gasteiger partial charge in [0.25, 0.3) is 0 Å². The Balaban J connectivity index is 1.67. The fraction of sp³-hybridized carbons (Fsp3) is 0.294. The van der Waals surface area contributed by atoms with E-state index in [1.165, 1.54) is 12.3 Å². The van der Waals surface area contributed by atoms with Crippen LogP contribution in [0.15, 0.2) is 30.5 Å². The summed E-state index contributed by atoms with van der Waals surface area (Å²) in [5, 5.41) is 7.29. The minimum absolute atomic E-state index is 0.362. The SMILES string of the molecule is Fc1cnc(N2CCCC2)c(CNC(=S)Nc2cccc(Cl)c2Cl)c1. The van der Waals surface area contributed by atoms with Crippen LogP contribution in [-0.4, -0.2) is 23.2 Å². The molecule has 2 aromatic rings.